The van der Waals surface area contributed by atoms with Crippen LogP contribution in [0.2, 0.25) is 20.1 Å². The summed E-state index contributed by atoms with van der Waals surface area (Å²) in [5.74, 6) is -2.06. The summed E-state index contributed by atoms with van der Waals surface area (Å²) in [7, 11) is -6.48. The predicted octanol–water partition coefficient (Wildman–Crippen LogP) is 4.25. The molecule has 0 saturated carbocycles. The number of benzene rings is 2. The molecule has 4 heterocycles. The van der Waals surface area contributed by atoms with Crippen molar-refractivity contribution in [2.75, 3.05) is 49.3 Å². The van der Waals surface area contributed by atoms with Crippen molar-refractivity contribution in [3.05, 3.63) is 91.4 Å². The van der Waals surface area contributed by atoms with Gasteiger partial charge in [0.2, 0.25) is 20.0 Å². The number of aromatic nitrogens is 4. The van der Waals surface area contributed by atoms with Crippen LogP contribution in [0.1, 0.15) is 67.4 Å². The number of nitrogens with one attached hydrogen (secondary N) is 6. The Balaban J connectivity index is 0.000000221. The lowest BCUT2D eigenvalue weighted by atomic mass is 10.1. The van der Waals surface area contributed by atoms with Crippen LogP contribution in [0.25, 0.3) is 0 Å². The maximum atomic E-state index is 12.6. The van der Waals surface area contributed by atoms with E-state index in [9.17, 15) is 36.0 Å². The molecule has 0 unspecified atom stereocenters. The topological polar surface area (TPSA) is 249 Å². The van der Waals surface area contributed by atoms with Crippen LogP contribution in [0.15, 0.2) is 48.8 Å². The van der Waals surface area contributed by atoms with Crippen LogP contribution in [0.5, 0.6) is 0 Å². The van der Waals surface area contributed by atoms with Gasteiger partial charge in [0, 0.05) is 38.3 Å². The number of H-pyrrole nitrogens is 2. The van der Waals surface area contributed by atoms with E-state index in [-0.39, 0.29) is 66.1 Å². The zero-order valence-corrected chi connectivity index (χ0v) is 35.5. The molecular formula is C34H38Cl4N10O8S2. The Labute approximate surface area is 353 Å². The molecular weight excluding hydrogens is 882 g/mol. The highest BCUT2D eigenvalue weighted by molar-refractivity contribution is 7.88. The number of amides is 4. The fraction of sp³-hybridized carbons (Fsp3) is 0.353. The van der Waals surface area contributed by atoms with Crippen LogP contribution >= 0.6 is 46.4 Å². The maximum Gasteiger partial charge on any atom is 0.271 e. The molecule has 0 aliphatic carbocycles. The van der Waals surface area contributed by atoms with E-state index in [0.717, 1.165) is 12.5 Å². The fourth-order valence-corrected chi connectivity index (χ4v) is 8.97. The molecule has 18 nitrogen and oxygen atoms in total. The number of anilines is 2. The molecule has 0 spiro atoms. The molecule has 2 aliphatic rings. The van der Waals surface area contributed by atoms with Crippen LogP contribution < -0.4 is 21.3 Å². The first-order chi connectivity index (χ1) is 27.3. The van der Waals surface area contributed by atoms with E-state index in [4.69, 9.17) is 46.4 Å². The third kappa shape index (κ3) is 11.5. The minimum atomic E-state index is -3.24. The molecule has 6 N–H and O–H groups in total. The molecule has 0 radical (unpaired) electrons. The molecule has 58 heavy (non-hydrogen) atoms. The van der Waals surface area contributed by atoms with Crippen molar-refractivity contribution in [1.82, 2.24) is 39.6 Å². The van der Waals surface area contributed by atoms with Gasteiger partial charge in [-0.3, -0.25) is 29.4 Å². The summed E-state index contributed by atoms with van der Waals surface area (Å²) < 4.78 is 49.1. The van der Waals surface area contributed by atoms with Crippen molar-refractivity contribution < 1.29 is 36.0 Å². The van der Waals surface area contributed by atoms with Gasteiger partial charge in [0.1, 0.15) is 11.4 Å². The summed E-state index contributed by atoms with van der Waals surface area (Å²) in [5, 5.41) is 24.3. The van der Waals surface area contributed by atoms with E-state index >= 15 is 0 Å². The van der Waals surface area contributed by atoms with E-state index in [2.05, 4.69) is 41.7 Å². The SMILES string of the molecule is CS(=O)(=O)N1CCC(NC(=O)c2[nH]ncc2NC(=O)c2c(Cl)cccc2Cl)CC1.CS(=O)(=O)N1CCC(NC(=O)c2[nH]ncc2NC(=O)c2c(Cl)cccc2Cl)CC1. The molecule has 4 amide bonds. The summed E-state index contributed by atoms with van der Waals surface area (Å²) in [6.45, 7) is 1.34. The van der Waals surface area contributed by atoms with Crippen LogP contribution in [0.4, 0.5) is 11.4 Å². The second-order valence-corrected chi connectivity index (χ2v) is 18.8. The Kier molecular flexibility index (Phi) is 14.8. The Morgan fingerprint density at radius 3 is 1.19 bits per heavy atom. The highest BCUT2D eigenvalue weighted by atomic mass is 35.5. The summed E-state index contributed by atoms with van der Waals surface area (Å²) in [4.78, 5) is 50.3. The second-order valence-electron chi connectivity index (χ2n) is 13.2. The molecule has 4 aromatic rings. The summed E-state index contributed by atoms with van der Waals surface area (Å²) in [6.07, 6.45) is 6.91. The van der Waals surface area contributed by atoms with E-state index < -0.39 is 43.7 Å². The molecule has 2 saturated heterocycles. The van der Waals surface area contributed by atoms with Gasteiger partial charge in [-0.15, -0.1) is 0 Å². The van der Waals surface area contributed by atoms with Gasteiger partial charge in [0.25, 0.3) is 23.6 Å². The average Bonchev–Trinajstić information content (AvgIpc) is 3.81. The summed E-state index contributed by atoms with van der Waals surface area (Å²) >= 11 is 24.2. The lowest BCUT2D eigenvalue weighted by Crippen LogP contribution is -2.46. The first kappa shape index (κ1) is 44.8. The smallest absolute Gasteiger partial charge is 0.271 e. The average molecular weight is 921 g/mol. The lowest BCUT2D eigenvalue weighted by molar-refractivity contribution is 0.0910. The molecule has 0 atom stereocenters. The molecule has 6 rings (SSSR count). The van der Waals surface area contributed by atoms with Crippen molar-refractivity contribution in [1.29, 1.82) is 0 Å². The van der Waals surface area contributed by atoms with E-state index in [1.54, 1.807) is 12.1 Å². The number of piperidine rings is 2. The summed E-state index contributed by atoms with van der Waals surface area (Å²) in [5.41, 5.74) is 0.696. The number of carbonyl (C=O) groups excluding carboxylic acids is 4. The molecule has 2 aliphatic heterocycles. The fourth-order valence-electron chi connectivity index (χ4n) is 6.09. The number of nitrogens with zero attached hydrogens (tertiary/aromatic N) is 4. The lowest BCUT2D eigenvalue weighted by Gasteiger charge is -2.30. The van der Waals surface area contributed by atoms with Gasteiger partial charge in [0.15, 0.2) is 0 Å². The number of hydrogen-bond donors (Lipinski definition) is 6. The zero-order chi connectivity index (χ0) is 42.4. The first-order valence-corrected chi connectivity index (χ1v) is 22.6. The van der Waals surface area contributed by atoms with Gasteiger partial charge in [-0.05, 0) is 49.9 Å². The predicted molar refractivity (Wildman–Crippen MR) is 220 cm³/mol. The molecule has 312 valence electrons. The van der Waals surface area contributed by atoms with Crippen molar-refractivity contribution in [2.45, 2.75) is 37.8 Å². The Morgan fingerprint density at radius 2 is 0.897 bits per heavy atom. The van der Waals surface area contributed by atoms with Gasteiger partial charge < -0.3 is 21.3 Å². The minimum absolute atomic E-state index is 0.0760. The van der Waals surface area contributed by atoms with E-state index in [1.165, 1.54) is 45.3 Å². The standard InChI is InChI=1S/2C17H19Cl2N5O4S/c2*1-29(27,28)24-7-5-10(6-8-24)21-17(26)15-13(9-20-23-15)22-16(25)14-11(18)3-2-4-12(14)19/h2*2-4,9-10H,5-8H2,1H3,(H,20,23)(H,21,26)(H,22,25). The second kappa shape index (κ2) is 19.2. The summed E-state index contributed by atoms with van der Waals surface area (Å²) in [6, 6.07) is 9.00. The van der Waals surface area contributed by atoms with E-state index in [1.807, 2.05) is 0 Å². The van der Waals surface area contributed by atoms with Gasteiger partial charge in [-0.2, -0.15) is 10.2 Å². The normalized spacial score (nSPS) is 15.8. The van der Waals surface area contributed by atoms with Crippen molar-refractivity contribution in [3.63, 3.8) is 0 Å². The van der Waals surface area contributed by atoms with Crippen LogP contribution in [0.3, 0.4) is 0 Å². The number of sulfonamides is 2. The maximum absolute atomic E-state index is 12.6. The number of halogens is 4. The number of carbonyl (C=O) groups is 4. The van der Waals surface area contributed by atoms with E-state index in [0.29, 0.717) is 51.9 Å². The molecule has 24 heteroatoms. The van der Waals surface area contributed by atoms with Crippen LogP contribution in [-0.2, 0) is 20.0 Å². The number of rotatable bonds is 10. The Morgan fingerprint density at radius 1 is 0.586 bits per heavy atom. The Hall–Kier alpha value is -4.28. The molecule has 2 fully saturated rings. The van der Waals surface area contributed by atoms with Crippen LogP contribution in [-0.4, -0.2) is 120 Å². The van der Waals surface area contributed by atoms with Gasteiger partial charge in [-0.25, -0.2) is 25.4 Å². The Bertz CT molecular complexity index is 2190. The van der Waals surface area contributed by atoms with Gasteiger partial charge >= 0.3 is 0 Å². The largest absolute Gasteiger partial charge is 0.348 e. The molecule has 0 bridgehead atoms. The quantitative estimate of drug-likeness (QED) is 0.132. The van der Waals surface area contributed by atoms with Crippen LogP contribution in [0, 0.1) is 0 Å². The number of hydrogen-bond acceptors (Lipinski definition) is 10. The third-order valence-corrected chi connectivity index (χ3v) is 13.0. The van der Waals surface area contributed by atoms with Crippen molar-refractivity contribution in [3.8, 4) is 0 Å². The van der Waals surface area contributed by atoms with Gasteiger partial charge in [-0.1, -0.05) is 58.5 Å². The highest BCUT2D eigenvalue weighted by Gasteiger charge is 2.29. The highest BCUT2D eigenvalue weighted by Crippen LogP contribution is 2.27. The van der Waals surface area contributed by atoms with Crippen molar-refractivity contribution >= 4 is 101 Å². The number of aromatic amines is 2. The zero-order valence-electron chi connectivity index (χ0n) is 30.8. The molecule has 2 aromatic carbocycles. The third-order valence-electron chi connectivity index (χ3n) is 9.13. The molecule has 2 aromatic heterocycles. The van der Waals surface area contributed by atoms with Crippen molar-refractivity contribution in [2.24, 2.45) is 0 Å². The first-order valence-electron chi connectivity index (χ1n) is 17.4. The minimum Gasteiger partial charge on any atom is -0.348 e. The monoisotopic (exact) mass is 918 g/mol. The van der Waals surface area contributed by atoms with Gasteiger partial charge in [0.05, 0.1) is 67.5 Å².